The molecule has 1 heterocycles. The smallest absolute Gasteiger partial charge is 0.264 e. The summed E-state index contributed by atoms with van der Waals surface area (Å²) >= 11 is 0. The van der Waals surface area contributed by atoms with Crippen molar-refractivity contribution in [1.82, 2.24) is 0 Å². The SMILES string of the molecule is CN1C(=O)COc2ccc(C(O)CN)cc21. The quantitative estimate of drug-likeness (QED) is 0.740. The number of aliphatic hydroxyl groups excluding tert-OH is 1. The molecule has 16 heavy (non-hydrogen) atoms. The normalized spacial score (nSPS) is 16.7. The number of anilines is 1. The van der Waals surface area contributed by atoms with Crippen LogP contribution in [0.3, 0.4) is 0 Å². The minimum atomic E-state index is -0.712. The molecule has 1 aliphatic rings. The van der Waals surface area contributed by atoms with E-state index in [1.165, 1.54) is 4.90 Å². The summed E-state index contributed by atoms with van der Waals surface area (Å²) in [5.74, 6) is 0.543. The zero-order chi connectivity index (χ0) is 11.7. The van der Waals surface area contributed by atoms with E-state index in [1.807, 2.05) is 0 Å². The Balaban J connectivity index is 2.40. The van der Waals surface area contributed by atoms with E-state index in [-0.39, 0.29) is 19.1 Å². The third kappa shape index (κ3) is 1.75. The predicted octanol–water partition coefficient (Wildman–Crippen LogP) is 0.0339. The van der Waals surface area contributed by atoms with Gasteiger partial charge in [0.05, 0.1) is 11.8 Å². The maximum atomic E-state index is 11.4. The molecule has 0 spiro atoms. The molecular weight excluding hydrogens is 208 g/mol. The fourth-order valence-electron chi connectivity index (χ4n) is 1.63. The Kier molecular flexibility index (Phi) is 2.80. The van der Waals surface area contributed by atoms with Crippen LogP contribution in [0.5, 0.6) is 5.75 Å². The van der Waals surface area contributed by atoms with E-state index in [4.69, 9.17) is 10.5 Å². The molecule has 0 aromatic heterocycles. The van der Waals surface area contributed by atoms with Crippen molar-refractivity contribution in [3.8, 4) is 5.75 Å². The molecule has 1 aromatic carbocycles. The topological polar surface area (TPSA) is 75.8 Å². The number of benzene rings is 1. The fourth-order valence-corrected chi connectivity index (χ4v) is 1.63. The monoisotopic (exact) mass is 222 g/mol. The maximum absolute atomic E-state index is 11.4. The lowest BCUT2D eigenvalue weighted by Crippen LogP contribution is -2.35. The summed E-state index contributed by atoms with van der Waals surface area (Å²) in [4.78, 5) is 12.9. The molecule has 0 radical (unpaired) electrons. The van der Waals surface area contributed by atoms with Gasteiger partial charge in [0.2, 0.25) is 0 Å². The highest BCUT2D eigenvalue weighted by molar-refractivity contribution is 5.97. The molecule has 0 aliphatic carbocycles. The highest BCUT2D eigenvalue weighted by Gasteiger charge is 2.23. The van der Waals surface area contributed by atoms with Crippen molar-refractivity contribution in [2.45, 2.75) is 6.10 Å². The van der Waals surface area contributed by atoms with E-state index in [0.29, 0.717) is 17.0 Å². The second kappa shape index (κ2) is 4.11. The second-order valence-electron chi connectivity index (χ2n) is 3.72. The van der Waals surface area contributed by atoms with Crippen LogP contribution in [0.2, 0.25) is 0 Å². The molecule has 2 rings (SSSR count). The van der Waals surface area contributed by atoms with Crippen LogP contribution in [-0.4, -0.2) is 31.2 Å². The third-order valence-corrected chi connectivity index (χ3v) is 2.68. The molecule has 86 valence electrons. The zero-order valence-electron chi connectivity index (χ0n) is 9.01. The van der Waals surface area contributed by atoms with Gasteiger partial charge in [-0.1, -0.05) is 6.07 Å². The van der Waals surface area contributed by atoms with Gasteiger partial charge in [-0.25, -0.2) is 0 Å². The van der Waals surface area contributed by atoms with E-state index >= 15 is 0 Å². The number of hydrogen-bond acceptors (Lipinski definition) is 4. The van der Waals surface area contributed by atoms with Gasteiger partial charge < -0.3 is 20.5 Å². The van der Waals surface area contributed by atoms with Crippen LogP contribution in [0.4, 0.5) is 5.69 Å². The molecule has 0 saturated heterocycles. The highest BCUT2D eigenvalue weighted by Crippen LogP contribution is 2.33. The van der Waals surface area contributed by atoms with Crippen molar-refractivity contribution in [1.29, 1.82) is 0 Å². The molecule has 1 unspecified atom stereocenters. The first kappa shape index (κ1) is 10.9. The second-order valence-corrected chi connectivity index (χ2v) is 3.72. The molecule has 5 nitrogen and oxygen atoms in total. The van der Waals surface area contributed by atoms with Gasteiger partial charge in [0, 0.05) is 13.6 Å². The predicted molar refractivity (Wildman–Crippen MR) is 59.4 cm³/mol. The summed E-state index contributed by atoms with van der Waals surface area (Å²) in [6.07, 6.45) is -0.712. The molecule has 1 amide bonds. The van der Waals surface area contributed by atoms with Crippen molar-refractivity contribution < 1.29 is 14.6 Å². The molecule has 1 aromatic rings. The minimum Gasteiger partial charge on any atom is -0.482 e. The van der Waals surface area contributed by atoms with E-state index in [0.717, 1.165) is 0 Å². The van der Waals surface area contributed by atoms with Crippen LogP contribution in [0.1, 0.15) is 11.7 Å². The number of fused-ring (bicyclic) bond motifs is 1. The van der Waals surface area contributed by atoms with Crippen LogP contribution < -0.4 is 15.4 Å². The lowest BCUT2D eigenvalue weighted by Gasteiger charge is -2.26. The Morgan fingerprint density at radius 3 is 3.06 bits per heavy atom. The number of carbonyl (C=O) groups is 1. The Morgan fingerprint density at radius 2 is 2.38 bits per heavy atom. The number of ether oxygens (including phenoxy) is 1. The molecular formula is C11H14N2O3. The van der Waals surface area contributed by atoms with Crippen molar-refractivity contribution in [3.63, 3.8) is 0 Å². The van der Waals surface area contributed by atoms with Gasteiger partial charge >= 0.3 is 0 Å². The average molecular weight is 222 g/mol. The first-order chi connectivity index (χ1) is 7.63. The van der Waals surface area contributed by atoms with Crippen molar-refractivity contribution in [2.75, 3.05) is 25.1 Å². The standard InChI is InChI=1S/C11H14N2O3/c1-13-8-4-7(9(14)5-12)2-3-10(8)16-6-11(13)15/h2-4,9,14H,5-6,12H2,1H3. The van der Waals surface area contributed by atoms with Crippen LogP contribution in [-0.2, 0) is 4.79 Å². The van der Waals surface area contributed by atoms with Crippen LogP contribution in [0, 0.1) is 0 Å². The minimum absolute atomic E-state index is 0.0578. The van der Waals surface area contributed by atoms with Gasteiger partial charge in [0.25, 0.3) is 5.91 Å². The molecule has 1 aliphatic heterocycles. The van der Waals surface area contributed by atoms with Crippen molar-refractivity contribution >= 4 is 11.6 Å². The van der Waals surface area contributed by atoms with Crippen LogP contribution in [0.25, 0.3) is 0 Å². The first-order valence-electron chi connectivity index (χ1n) is 5.05. The van der Waals surface area contributed by atoms with E-state index in [9.17, 15) is 9.90 Å². The van der Waals surface area contributed by atoms with Gasteiger partial charge in [0.1, 0.15) is 5.75 Å². The number of carbonyl (C=O) groups excluding carboxylic acids is 1. The average Bonchev–Trinajstić information content (AvgIpc) is 2.32. The molecule has 0 bridgehead atoms. The lowest BCUT2D eigenvalue weighted by molar-refractivity contribution is -0.120. The molecule has 0 fully saturated rings. The van der Waals surface area contributed by atoms with Gasteiger partial charge in [-0.05, 0) is 17.7 Å². The van der Waals surface area contributed by atoms with Gasteiger partial charge in [0.15, 0.2) is 6.61 Å². The number of amides is 1. The summed E-state index contributed by atoms with van der Waals surface area (Å²) in [5.41, 5.74) is 6.73. The Hall–Kier alpha value is -1.59. The zero-order valence-corrected chi connectivity index (χ0v) is 9.01. The molecule has 5 heteroatoms. The number of likely N-dealkylation sites (N-methyl/N-ethyl adjacent to an activating group) is 1. The van der Waals surface area contributed by atoms with Crippen molar-refractivity contribution in [3.05, 3.63) is 23.8 Å². The van der Waals surface area contributed by atoms with Gasteiger partial charge in [-0.3, -0.25) is 4.79 Å². The number of nitrogens with zero attached hydrogens (tertiary/aromatic N) is 1. The van der Waals surface area contributed by atoms with Gasteiger partial charge in [-0.15, -0.1) is 0 Å². The summed E-state index contributed by atoms with van der Waals surface area (Å²) in [6.45, 7) is 0.208. The summed E-state index contributed by atoms with van der Waals surface area (Å²) in [7, 11) is 1.68. The molecule has 1 atom stereocenters. The van der Waals surface area contributed by atoms with E-state index < -0.39 is 6.10 Å². The summed E-state index contributed by atoms with van der Waals surface area (Å²) in [5, 5.41) is 9.61. The Labute approximate surface area is 93.4 Å². The largest absolute Gasteiger partial charge is 0.482 e. The fraction of sp³-hybridized carbons (Fsp3) is 0.364. The highest BCUT2D eigenvalue weighted by atomic mass is 16.5. The van der Waals surface area contributed by atoms with E-state index in [2.05, 4.69) is 0 Å². The number of rotatable bonds is 2. The van der Waals surface area contributed by atoms with Crippen LogP contribution in [0.15, 0.2) is 18.2 Å². The lowest BCUT2D eigenvalue weighted by atomic mass is 10.1. The summed E-state index contributed by atoms with van der Waals surface area (Å²) in [6, 6.07) is 5.22. The number of aliphatic hydroxyl groups is 1. The molecule has 3 N–H and O–H groups in total. The van der Waals surface area contributed by atoms with Crippen molar-refractivity contribution in [2.24, 2.45) is 5.73 Å². The Bertz CT molecular complexity index is 420. The van der Waals surface area contributed by atoms with Crippen LogP contribution >= 0.6 is 0 Å². The maximum Gasteiger partial charge on any atom is 0.264 e. The third-order valence-electron chi connectivity index (χ3n) is 2.68. The summed E-state index contributed by atoms with van der Waals surface area (Å²) < 4.78 is 5.27. The van der Waals surface area contributed by atoms with E-state index in [1.54, 1.807) is 25.2 Å². The first-order valence-corrected chi connectivity index (χ1v) is 5.05. The van der Waals surface area contributed by atoms with Gasteiger partial charge in [-0.2, -0.15) is 0 Å². The molecule has 0 saturated carbocycles. The Morgan fingerprint density at radius 1 is 1.62 bits per heavy atom. The number of nitrogens with two attached hydrogens (primary N) is 1. The number of hydrogen-bond donors (Lipinski definition) is 2.